The van der Waals surface area contributed by atoms with Crippen molar-refractivity contribution in [3.63, 3.8) is 0 Å². The Kier molecular flexibility index (Phi) is 4.81. The maximum atomic E-state index is 12.6. The zero-order chi connectivity index (χ0) is 15.6. The number of rotatable bonds is 3. The lowest BCUT2D eigenvalue weighted by Gasteiger charge is -2.19. The summed E-state index contributed by atoms with van der Waals surface area (Å²) in [4.78, 5) is 0. The summed E-state index contributed by atoms with van der Waals surface area (Å²) in [5, 5.41) is 4.01. The molecule has 0 aliphatic heterocycles. The lowest BCUT2D eigenvalue weighted by Crippen LogP contribution is -2.18. The van der Waals surface area contributed by atoms with Gasteiger partial charge in [-0.3, -0.25) is 0 Å². The van der Waals surface area contributed by atoms with Crippen LogP contribution in [-0.2, 0) is 6.18 Å². The Labute approximate surface area is 130 Å². The second-order valence-corrected chi connectivity index (χ2v) is 5.35. The summed E-state index contributed by atoms with van der Waals surface area (Å²) in [6.07, 6.45) is -4.34. The Morgan fingerprint density at radius 3 is 2.10 bits per heavy atom. The first-order valence-corrected chi connectivity index (χ1v) is 6.88. The van der Waals surface area contributed by atoms with Crippen LogP contribution in [0.4, 0.5) is 13.2 Å². The van der Waals surface area contributed by atoms with E-state index in [0.29, 0.717) is 15.6 Å². The van der Waals surface area contributed by atoms with Crippen LogP contribution in [0.3, 0.4) is 0 Å². The summed E-state index contributed by atoms with van der Waals surface area (Å²) in [7, 11) is 1.72. The SMILES string of the molecule is CNC(c1ccc(C(F)(F)F)cc1)c1ccc(Cl)cc1Cl. The normalized spacial score (nSPS) is 13.2. The third-order valence-corrected chi connectivity index (χ3v) is 3.70. The lowest BCUT2D eigenvalue weighted by atomic mass is 9.97. The zero-order valence-corrected chi connectivity index (χ0v) is 12.5. The van der Waals surface area contributed by atoms with E-state index in [1.54, 1.807) is 25.2 Å². The average Bonchev–Trinajstić information content (AvgIpc) is 2.41. The molecule has 2 aromatic carbocycles. The van der Waals surface area contributed by atoms with Gasteiger partial charge in [-0.15, -0.1) is 0 Å². The highest BCUT2D eigenvalue weighted by atomic mass is 35.5. The van der Waals surface area contributed by atoms with Crippen molar-refractivity contribution >= 4 is 23.2 Å². The standard InChI is InChI=1S/C15H12Cl2F3N/c1-21-14(12-7-6-11(16)8-13(12)17)9-2-4-10(5-3-9)15(18,19)20/h2-8,14,21H,1H3. The van der Waals surface area contributed by atoms with Crippen molar-refractivity contribution in [2.75, 3.05) is 7.05 Å². The van der Waals surface area contributed by atoms with Crippen molar-refractivity contribution in [1.29, 1.82) is 0 Å². The first kappa shape index (κ1) is 16.1. The molecule has 1 atom stereocenters. The van der Waals surface area contributed by atoms with E-state index in [4.69, 9.17) is 23.2 Å². The van der Waals surface area contributed by atoms with Gasteiger partial charge in [0, 0.05) is 10.0 Å². The second kappa shape index (κ2) is 6.26. The molecule has 0 aliphatic rings. The number of nitrogens with one attached hydrogen (secondary N) is 1. The fraction of sp³-hybridized carbons (Fsp3) is 0.200. The van der Waals surface area contributed by atoms with E-state index in [2.05, 4.69) is 5.32 Å². The van der Waals surface area contributed by atoms with Gasteiger partial charge in [-0.05, 0) is 42.4 Å². The number of benzene rings is 2. The molecule has 1 nitrogen and oxygen atoms in total. The molecule has 0 radical (unpaired) electrons. The fourth-order valence-electron chi connectivity index (χ4n) is 2.10. The molecule has 6 heteroatoms. The molecule has 1 N–H and O–H groups in total. The molecule has 0 amide bonds. The molecule has 0 bridgehead atoms. The Morgan fingerprint density at radius 2 is 1.62 bits per heavy atom. The third-order valence-electron chi connectivity index (χ3n) is 3.13. The van der Waals surface area contributed by atoms with Crippen LogP contribution in [-0.4, -0.2) is 7.05 Å². The molecule has 0 saturated carbocycles. The number of hydrogen-bond donors (Lipinski definition) is 1. The van der Waals surface area contributed by atoms with Gasteiger partial charge < -0.3 is 5.32 Å². The highest BCUT2D eigenvalue weighted by molar-refractivity contribution is 6.35. The molecular formula is C15H12Cl2F3N. The van der Waals surface area contributed by atoms with Gasteiger partial charge in [-0.2, -0.15) is 13.2 Å². The van der Waals surface area contributed by atoms with Crippen LogP contribution in [0.15, 0.2) is 42.5 Å². The van der Waals surface area contributed by atoms with Crippen molar-refractivity contribution in [2.45, 2.75) is 12.2 Å². The zero-order valence-electron chi connectivity index (χ0n) is 11.0. The van der Waals surface area contributed by atoms with Crippen molar-refractivity contribution in [3.05, 3.63) is 69.2 Å². The topological polar surface area (TPSA) is 12.0 Å². The Bertz CT molecular complexity index is 624. The Morgan fingerprint density at radius 1 is 1.00 bits per heavy atom. The smallest absolute Gasteiger partial charge is 0.309 e. The summed E-state index contributed by atoms with van der Waals surface area (Å²) in [5.41, 5.74) is 0.765. The maximum absolute atomic E-state index is 12.6. The summed E-state index contributed by atoms with van der Waals surface area (Å²) >= 11 is 12.0. The Balaban J connectivity index is 2.37. The molecule has 112 valence electrons. The van der Waals surface area contributed by atoms with Crippen molar-refractivity contribution < 1.29 is 13.2 Å². The highest BCUT2D eigenvalue weighted by Crippen LogP contribution is 2.33. The molecule has 0 heterocycles. The van der Waals surface area contributed by atoms with Crippen LogP contribution in [0.1, 0.15) is 22.7 Å². The van der Waals surface area contributed by atoms with E-state index >= 15 is 0 Å². The highest BCUT2D eigenvalue weighted by Gasteiger charge is 2.30. The molecule has 0 saturated heterocycles. The average molecular weight is 334 g/mol. The van der Waals surface area contributed by atoms with E-state index in [9.17, 15) is 13.2 Å². The molecule has 0 spiro atoms. The van der Waals surface area contributed by atoms with Crippen molar-refractivity contribution in [1.82, 2.24) is 5.32 Å². The van der Waals surface area contributed by atoms with Gasteiger partial charge in [-0.1, -0.05) is 41.4 Å². The van der Waals surface area contributed by atoms with Gasteiger partial charge >= 0.3 is 6.18 Å². The molecule has 2 aromatic rings. The molecule has 0 fully saturated rings. The van der Waals surface area contributed by atoms with E-state index in [1.807, 2.05) is 0 Å². The van der Waals surface area contributed by atoms with Crippen LogP contribution >= 0.6 is 23.2 Å². The first-order chi connectivity index (χ1) is 9.82. The molecular weight excluding hydrogens is 322 g/mol. The van der Waals surface area contributed by atoms with Gasteiger partial charge in [0.25, 0.3) is 0 Å². The number of hydrogen-bond acceptors (Lipinski definition) is 1. The van der Waals surface area contributed by atoms with Crippen LogP contribution in [0.25, 0.3) is 0 Å². The van der Waals surface area contributed by atoms with Crippen molar-refractivity contribution in [3.8, 4) is 0 Å². The fourth-order valence-corrected chi connectivity index (χ4v) is 2.62. The molecule has 1 unspecified atom stereocenters. The van der Waals surface area contributed by atoms with E-state index in [-0.39, 0.29) is 6.04 Å². The first-order valence-electron chi connectivity index (χ1n) is 6.12. The molecule has 2 rings (SSSR count). The summed E-state index contributed by atoms with van der Waals surface area (Å²) < 4.78 is 37.7. The van der Waals surface area contributed by atoms with E-state index in [1.165, 1.54) is 12.1 Å². The minimum Gasteiger partial charge on any atom is -0.309 e. The monoisotopic (exact) mass is 333 g/mol. The van der Waals surface area contributed by atoms with Gasteiger partial charge in [0.2, 0.25) is 0 Å². The van der Waals surface area contributed by atoms with Gasteiger partial charge in [-0.25, -0.2) is 0 Å². The van der Waals surface area contributed by atoms with Gasteiger partial charge in [0.05, 0.1) is 11.6 Å². The van der Waals surface area contributed by atoms with Crippen LogP contribution in [0.5, 0.6) is 0 Å². The van der Waals surface area contributed by atoms with Crippen molar-refractivity contribution in [2.24, 2.45) is 0 Å². The predicted octanol–water partition coefficient (Wildman–Crippen LogP) is 5.32. The maximum Gasteiger partial charge on any atom is 0.416 e. The molecule has 21 heavy (non-hydrogen) atoms. The minimum atomic E-state index is -4.34. The largest absolute Gasteiger partial charge is 0.416 e. The second-order valence-electron chi connectivity index (χ2n) is 4.51. The minimum absolute atomic E-state index is 0.308. The molecule has 0 aromatic heterocycles. The number of alkyl halides is 3. The lowest BCUT2D eigenvalue weighted by molar-refractivity contribution is -0.137. The Hall–Kier alpha value is -1.23. The van der Waals surface area contributed by atoms with Crippen LogP contribution in [0.2, 0.25) is 10.0 Å². The third kappa shape index (κ3) is 3.70. The quantitative estimate of drug-likeness (QED) is 0.801. The van der Waals surface area contributed by atoms with E-state index < -0.39 is 11.7 Å². The van der Waals surface area contributed by atoms with Gasteiger partial charge in [0.1, 0.15) is 0 Å². The molecule has 0 aliphatic carbocycles. The van der Waals surface area contributed by atoms with Crippen LogP contribution in [0, 0.1) is 0 Å². The van der Waals surface area contributed by atoms with E-state index in [0.717, 1.165) is 17.7 Å². The number of halogens is 5. The summed E-state index contributed by atoms with van der Waals surface area (Å²) in [5.74, 6) is 0. The van der Waals surface area contributed by atoms with Crippen LogP contribution < -0.4 is 5.32 Å². The van der Waals surface area contributed by atoms with Gasteiger partial charge in [0.15, 0.2) is 0 Å². The summed E-state index contributed by atoms with van der Waals surface area (Å²) in [6.45, 7) is 0. The summed E-state index contributed by atoms with van der Waals surface area (Å²) in [6, 6.07) is 9.74. The predicted molar refractivity (Wildman–Crippen MR) is 78.8 cm³/mol.